The molecular formula is C16H16N4O2S. The SMILES string of the molecule is Cc1cc(NC(=O)N2CCC[C@H]2c2nc3ccccc3s2)no1. The van der Waals surface area contributed by atoms with Gasteiger partial charge in [-0.3, -0.25) is 5.32 Å². The van der Waals surface area contributed by atoms with Crippen LogP contribution in [0.15, 0.2) is 34.9 Å². The Morgan fingerprint density at radius 2 is 2.30 bits per heavy atom. The van der Waals surface area contributed by atoms with E-state index in [1.165, 1.54) is 0 Å². The van der Waals surface area contributed by atoms with Gasteiger partial charge in [0.2, 0.25) is 0 Å². The summed E-state index contributed by atoms with van der Waals surface area (Å²) in [5.74, 6) is 1.12. The number of nitrogens with one attached hydrogen (secondary N) is 1. The standard InChI is InChI=1S/C16H16N4O2S/c1-10-9-14(19-22-10)18-16(21)20-8-4-6-12(20)15-17-11-5-2-3-7-13(11)23-15/h2-3,5,7,9,12H,4,6,8H2,1H3,(H,18,19,21)/t12-/m0/s1. The van der Waals surface area contributed by atoms with Gasteiger partial charge in [0.1, 0.15) is 10.8 Å². The predicted molar refractivity (Wildman–Crippen MR) is 88.6 cm³/mol. The van der Waals surface area contributed by atoms with Gasteiger partial charge in [-0.25, -0.2) is 9.78 Å². The Hall–Kier alpha value is -2.41. The smallest absolute Gasteiger partial charge is 0.323 e. The number of anilines is 1. The lowest BCUT2D eigenvalue weighted by Crippen LogP contribution is -2.34. The molecule has 2 amide bonds. The fraction of sp³-hybridized carbons (Fsp3) is 0.312. The number of para-hydroxylation sites is 1. The largest absolute Gasteiger partial charge is 0.360 e. The maximum Gasteiger partial charge on any atom is 0.323 e. The van der Waals surface area contributed by atoms with E-state index in [0.29, 0.717) is 11.6 Å². The quantitative estimate of drug-likeness (QED) is 0.773. The summed E-state index contributed by atoms with van der Waals surface area (Å²) in [5.41, 5.74) is 0.992. The summed E-state index contributed by atoms with van der Waals surface area (Å²) < 4.78 is 6.14. The van der Waals surface area contributed by atoms with Crippen LogP contribution < -0.4 is 5.32 Å². The second-order valence-electron chi connectivity index (χ2n) is 5.62. The Labute approximate surface area is 137 Å². The number of carbonyl (C=O) groups excluding carboxylic acids is 1. The highest BCUT2D eigenvalue weighted by atomic mass is 32.1. The molecule has 0 bridgehead atoms. The Kier molecular flexibility index (Phi) is 3.49. The minimum absolute atomic E-state index is 0.0281. The van der Waals surface area contributed by atoms with Gasteiger partial charge in [-0.05, 0) is 31.9 Å². The Morgan fingerprint density at radius 3 is 3.09 bits per heavy atom. The van der Waals surface area contributed by atoms with Crippen molar-refractivity contribution in [3.63, 3.8) is 0 Å². The number of fused-ring (bicyclic) bond motifs is 1. The molecule has 0 aliphatic carbocycles. The number of urea groups is 1. The van der Waals surface area contributed by atoms with Crippen molar-refractivity contribution in [3.05, 3.63) is 41.1 Å². The third-order valence-electron chi connectivity index (χ3n) is 3.97. The summed E-state index contributed by atoms with van der Waals surface area (Å²) in [7, 11) is 0. The van der Waals surface area contributed by atoms with Gasteiger partial charge in [-0.15, -0.1) is 11.3 Å². The molecule has 3 heterocycles. The van der Waals surface area contributed by atoms with Gasteiger partial charge < -0.3 is 9.42 Å². The second kappa shape index (κ2) is 5.66. The van der Waals surface area contributed by atoms with Gasteiger partial charge in [-0.1, -0.05) is 17.3 Å². The monoisotopic (exact) mass is 328 g/mol. The summed E-state index contributed by atoms with van der Waals surface area (Å²) in [6, 6.07) is 9.65. The van der Waals surface area contributed by atoms with Crippen LogP contribution in [0.2, 0.25) is 0 Å². The minimum atomic E-state index is -0.153. The molecule has 0 radical (unpaired) electrons. The molecule has 4 rings (SSSR count). The molecule has 1 N–H and O–H groups in total. The Morgan fingerprint density at radius 1 is 1.43 bits per heavy atom. The summed E-state index contributed by atoms with van der Waals surface area (Å²) in [6.45, 7) is 2.52. The fourth-order valence-corrected chi connectivity index (χ4v) is 4.02. The molecule has 7 heteroatoms. The number of hydrogen-bond acceptors (Lipinski definition) is 5. The summed E-state index contributed by atoms with van der Waals surface area (Å²) in [4.78, 5) is 19.1. The number of aromatic nitrogens is 2. The van der Waals surface area contributed by atoms with Crippen LogP contribution in [0, 0.1) is 6.92 Å². The van der Waals surface area contributed by atoms with Gasteiger partial charge in [0.05, 0.1) is 16.3 Å². The molecule has 118 valence electrons. The first-order valence-electron chi connectivity index (χ1n) is 7.57. The zero-order chi connectivity index (χ0) is 15.8. The molecule has 3 aromatic rings. The van der Waals surface area contributed by atoms with Gasteiger partial charge in [0.15, 0.2) is 5.82 Å². The number of amides is 2. The molecule has 6 nitrogen and oxygen atoms in total. The zero-order valence-corrected chi connectivity index (χ0v) is 13.5. The first-order valence-corrected chi connectivity index (χ1v) is 8.39. The normalized spacial score (nSPS) is 17.8. The van der Waals surface area contributed by atoms with E-state index in [1.807, 2.05) is 23.1 Å². The van der Waals surface area contributed by atoms with Crippen LogP contribution in [0.3, 0.4) is 0 Å². The maximum atomic E-state index is 12.5. The van der Waals surface area contributed by atoms with Crippen LogP contribution in [-0.4, -0.2) is 27.6 Å². The van der Waals surface area contributed by atoms with Crippen molar-refractivity contribution in [2.75, 3.05) is 11.9 Å². The van der Waals surface area contributed by atoms with Crippen LogP contribution in [0.25, 0.3) is 10.2 Å². The van der Waals surface area contributed by atoms with E-state index in [9.17, 15) is 4.79 Å². The van der Waals surface area contributed by atoms with Crippen molar-refractivity contribution in [1.29, 1.82) is 0 Å². The van der Waals surface area contributed by atoms with Crippen LogP contribution >= 0.6 is 11.3 Å². The lowest BCUT2D eigenvalue weighted by molar-refractivity contribution is 0.206. The number of aryl methyl sites for hydroxylation is 1. The van der Waals surface area contributed by atoms with Gasteiger partial charge in [0.25, 0.3) is 0 Å². The number of thiazole rings is 1. The lowest BCUT2D eigenvalue weighted by atomic mass is 10.2. The van der Waals surface area contributed by atoms with Crippen molar-refractivity contribution in [3.8, 4) is 0 Å². The minimum Gasteiger partial charge on any atom is -0.360 e. The second-order valence-corrected chi connectivity index (χ2v) is 6.69. The number of hydrogen-bond donors (Lipinski definition) is 1. The predicted octanol–water partition coefficient (Wildman–Crippen LogP) is 3.96. The molecule has 1 aliphatic heterocycles. The Bertz CT molecular complexity index is 824. The van der Waals surface area contributed by atoms with E-state index in [2.05, 4.69) is 16.5 Å². The highest BCUT2D eigenvalue weighted by Gasteiger charge is 2.32. The number of benzene rings is 1. The molecule has 0 unspecified atom stereocenters. The van der Waals surface area contributed by atoms with E-state index < -0.39 is 0 Å². The first-order chi connectivity index (χ1) is 11.2. The average Bonchev–Trinajstić information content (AvgIpc) is 3.24. The van der Waals surface area contributed by atoms with E-state index in [-0.39, 0.29) is 12.1 Å². The summed E-state index contributed by atoms with van der Waals surface area (Å²) in [5, 5.41) is 7.61. The van der Waals surface area contributed by atoms with Crippen molar-refractivity contribution in [1.82, 2.24) is 15.0 Å². The van der Waals surface area contributed by atoms with Crippen molar-refractivity contribution >= 4 is 33.4 Å². The molecular weight excluding hydrogens is 312 g/mol. The number of carbonyl (C=O) groups is 1. The molecule has 0 saturated carbocycles. The number of rotatable bonds is 2. The van der Waals surface area contributed by atoms with Crippen molar-refractivity contribution in [2.45, 2.75) is 25.8 Å². The summed E-state index contributed by atoms with van der Waals surface area (Å²) >= 11 is 1.66. The molecule has 1 aromatic carbocycles. The van der Waals surface area contributed by atoms with E-state index >= 15 is 0 Å². The molecule has 23 heavy (non-hydrogen) atoms. The highest BCUT2D eigenvalue weighted by molar-refractivity contribution is 7.18. The van der Waals surface area contributed by atoms with Crippen LogP contribution in [0.1, 0.15) is 29.7 Å². The van der Waals surface area contributed by atoms with Gasteiger partial charge in [0, 0.05) is 12.6 Å². The summed E-state index contributed by atoms with van der Waals surface area (Å²) in [6.07, 6.45) is 1.91. The van der Waals surface area contributed by atoms with E-state index in [0.717, 1.165) is 34.6 Å². The molecule has 0 spiro atoms. The van der Waals surface area contributed by atoms with Gasteiger partial charge in [-0.2, -0.15) is 0 Å². The van der Waals surface area contributed by atoms with Crippen molar-refractivity contribution < 1.29 is 9.32 Å². The zero-order valence-electron chi connectivity index (χ0n) is 12.7. The molecule has 1 atom stereocenters. The molecule has 2 aromatic heterocycles. The lowest BCUT2D eigenvalue weighted by Gasteiger charge is -2.22. The van der Waals surface area contributed by atoms with Crippen LogP contribution in [0.5, 0.6) is 0 Å². The maximum absolute atomic E-state index is 12.5. The number of nitrogens with zero attached hydrogens (tertiary/aromatic N) is 3. The number of likely N-dealkylation sites (tertiary alicyclic amines) is 1. The topological polar surface area (TPSA) is 71.3 Å². The molecule has 1 fully saturated rings. The van der Waals surface area contributed by atoms with Crippen molar-refractivity contribution in [2.24, 2.45) is 0 Å². The highest BCUT2D eigenvalue weighted by Crippen LogP contribution is 2.36. The average molecular weight is 328 g/mol. The van der Waals surface area contributed by atoms with Gasteiger partial charge >= 0.3 is 6.03 Å². The van der Waals surface area contributed by atoms with Crippen LogP contribution in [0.4, 0.5) is 10.6 Å². The Balaban J connectivity index is 1.57. The van der Waals surface area contributed by atoms with E-state index in [1.54, 1.807) is 24.3 Å². The first kappa shape index (κ1) is 14.2. The third kappa shape index (κ3) is 2.68. The molecule has 1 saturated heterocycles. The van der Waals surface area contributed by atoms with Crippen LogP contribution in [-0.2, 0) is 0 Å². The fourth-order valence-electron chi connectivity index (χ4n) is 2.91. The van der Waals surface area contributed by atoms with E-state index in [4.69, 9.17) is 9.51 Å². The third-order valence-corrected chi connectivity index (χ3v) is 5.11. The molecule has 1 aliphatic rings.